The number of nitrogens with zero attached hydrogens (tertiary/aromatic N) is 4. The second-order valence-corrected chi connectivity index (χ2v) is 16.1. The van der Waals surface area contributed by atoms with Crippen LogP contribution in [-0.4, -0.2) is 19.9 Å². The van der Waals surface area contributed by atoms with Gasteiger partial charge in [-0.3, -0.25) is 0 Å². The zero-order valence-corrected chi connectivity index (χ0v) is 33.8. The molecule has 0 aliphatic carbocycles. The minimum atomic E-state index is 0.691. The maximum absolute atomic E-state index is 5.15. The Labute approximate surface area is 358 Å². The SMILES string of the molecule is c1ccc(-c2cc(-c3ccccc3)nc(-c3cccc(-c4ccc(-c5cccc(-c6nc(-c7ccccc7)cc(-c7ccccc7)n6)c5)c5c4sc4ccccc45)c3)n2)cc1. The van der Waals surface area contributed by atoms with E-state index in [4.69, 9.17) is 19.9 Å². The number of rotatable bonds is 8. The molecule has 3 heterocycles. The number of hydrogen-bond donors (Lipinski definition) is 0. The number of aromatic nitrogens is 4. The summed E-state index contributed by atoms with van der Waals surface area (Å²) < 4.78 is 2.48. The van der Waals surface area contributed by atoms with Gasteiger partial charge in [-0.05, 0) is 52.6 Å². The van der Waals surface area contributed by atoms with Gasteiger partial charge in [0.2, 0.25) is 0 Å². The molecular weight excluding hydrogens is 761 g/mol. The first-order chi connectivity index (χ1) is 30.2. The Kier molecular flexibility index (Phi) is 9.34. The van der Waals surface area contributed by atoms with Gasteiger partial charge in [-0.1, -0.05) is 188 Å². The highest BCUT2D eigenvalue weighted by Gasteiger charge is 2.18. The van der Waals surface area contributed by atoms with E-state index in [2.05, 4.69) is 194 Å². The third-order valence-corrected chi connectivity index (χ3v) is 12.3. The van der Waals surface area contributed by atoms with Crippen LogP contribution in [0.2, 0.25) is 0 Å². The van der Waals surface area contributed by atoms with Gasteiger partial charge < -0.3 is 0 Å². The molecule has 61 heavy (non-hydrogen) atoms. The van der Waals surface area contributed by atoms with E-state index in [1.807, 2.05) is 35.6 Å². The summed E-state index contributed by atoms with van der Waals surface area (Å²) in [6.07, 6.45) is 0. The lowest BCUT2D eigenvalue weighted by molar-refractivity contribution is 1.18. The predicted octanol–water partition coefficient (Wildman–Crippen LogP) is 15.0. The Morgan fingerprint density at radius 2 is 0.639 bits per heavy atom. The summed E-state index contributed by atoms with van der Waals surface area (Å²) in [4.78, 5) is 20.6. The maximum Gasteiger partial charge on any atom is 0.160 e. The van der Waals surface area contributed by atoms with Crippen molar-refractivity contribution in [3.8, 4) is 90.1 Å². The Hall–Kier alpha value is -7.86. The first kappa shape index (κ1) is 36.2. The molecule has 4 nitrogen and oxygen atoms in total. The van der Waals surface area contributed by atoms with Crippen LogP contribution in [0.5, 0.6) is 0 Å². The van der Waals surface area contributed by atoms with E-state index in [0.717, 1.165) is 67.3 Å². The van der Waals surface area contributed by atoms with Crippen LogP contribution < -0.4 is 0 Å². The zero-order chi connectivity index (χ0) is 40.5. The van der Waals surface area contributed by atoms with E-state index in [1.54, 1.807) is 0 Å². The van der Waals surface area contributed by atoms with E-state index in [0.29, 0.717) is 11.6 Å². The Balaban J connectivity index is 1.04. The van der Waals surface area contributed by atoms with Crippen molar-refractivity contribution in [3.63, 3.8) is 0 Å². The molecule has 0 spiro atoms. The summed E-state index contributed by atoms with van der Waals surface area (Å²) in [5.41, 5.74) is 14.3. The molecule has 0 N–H and O–H groups in total. The average Bonchev–Trinajstić information content (AvgIpc) is 3.74. The second-order valence-electron chi connectivity index (χ2n) is 15.0. The van der Waals surface area contributed by atoms with E-state index < -0.39 is 0 Å². The summed E-state index contributed by atoms with van der Waals surface area (Å²) in [5.74, 6) is 1.38. The molecule has 0 aliphatic heterocycles. The van der Waals surface area contributed by atoms with E-state index >= 15 is 0 Å². The lowest BCUT2D eigenvalue weighted by Crippen LogP contribution is -1.96. The smallest absolute Gasteiger partial charge is 0.160 e. The van der Waals surface area contributed by atoms with Crippen LogP contribution in [0.15, 0.2) is 218 Å². The molecule has 0 amide bonds. The third-order valence-electron chi connectivity index (χ3n) is 11.1. The maximum atomic E-state index is 5.15. The van der Waals surface area contributed by atoms with Crippen molar-refractivity contribution in [2.45, 2.75) is 0 Å². The molecule has 286 valence electrons. The van der Waals surface area contributed by atoms with Gasteiger partial charge in [0.25, 0.3) is 0 Å². The highest BCUT2D eigenvalue weighted by Crippen LogP contribution is 2.46. The Morgan fingerprint density at radius 1 is 0.279 bits per heavy atom. The van der Waals surface area contributed by atoms with Crippen LogP contribution in [0.4, 0.5) is 0 Å². The minimum absolute atomic E-state index is 0.691. The fourth-order valence-electron chi connectivity index (χ4n) is 8.13. The number of hydrogen-bond acceptors (Lipinski definition) is 5. The standard InChI is InChI=1S/C56H36N4S/c1-5-17-37(18-6-1)48-35-49(38-19-7-2-8-20-38)58-55(57-48)43-27-15-25-41(33-43)45-31-32-46(54-53(45)47-29-13-14-30-52(47)61-54)42-26-16-28-44(34-42)56-59-50(39-21-9-3-10-22-39)36-51(60-56)40-23-11-4-12-24-40/h1-36H. The second kappa shape index (κ2) is 15.7. The number of benzene rings is 8. The van der Waals surface area contributed by atoms with Gasteiger partial charge >= 0.3 is 0 Å². The van der Waals surface area contributed by atoms with Crippen LogP contribution in [0.1, 0.15) is 0 Å². The van der Waals surface area contributed by atoms with Crippen LogP contribution in [-0.2, 0) is 0 Å². The predicted molar refractivity (Wildman–Crippen MR) is 254 cm³/mol. The van der Waals surface area contributed by atoms with Crippen molar-refractivity contribution >= 4 is 31.5 Å². The fourth-order valence-corrected chi connectivity index (χ4v) is 9.39. The Morgan fingerprint density at radius 3 is 1.10 bits per heavy atom. The van der Waals surface area contributed by atoms with Gasteiger partial charge in [-0.15, -0.1) is 11.3 Å². The first-order valence-corrected chi connectivity index (χ1v) is 21.2. The number of fused-ring (bicyclic) bond motifs is 3. The van der Waals surface area contributed by atoms with Crippen molar-refractivity contribution in [1.82, 2.24) is 19.9 Å². The topological polar surface area (TPSA) is 51.6 Å². The van der Waals surface area contributed by atoms with E-state index in [9.17, 15) is 0 Å². The summed E-state index contributed by atoms with van der Waals surface area (Å²) in [6.45, 7) is 0. The molecular formula is C56H36N4S. The minimum Gasteiger partial charge on any atom is -0.228 e. The van der Waals surface area contributed by atoms with Gasteiger partial charge in [0, 0.05) is 53.6 Å². The Bertz CT molecular complexity index is 3230. The molecule has 0 atom stereocenters. The van der Waals surface area contributed by atoms with Gasteiger partial charge in [-0.2, -0.15) is 0 Å². The van der Waals surface area contributed by atoms with Crippen LogP contribution >= 0.6 is 11.3 Å². The highest BCUT2D eigenvalue weighted by atomic mass is 32.1. The van der Waals surface area contributed by atoms with Crippen molar-refractivity contribution in [1.29, 1.82) is 0 Å². The molecule has 0 saturated carbocycles. The molecule has 0 bridgehead atoms. The highest BCUT2D eigenvalue weighted by molar-refractivity contribution is 7.26. The average molecular weight is 797 g/mol. The fraction of sp³-hybridized carbons (Fsp3) is 0. The van der Waals surface area contributed by atoms with Gasteiger partial charge in [0.15, 0.2) is 11.6 Å². The van der Waals surface area contributed by atoms with E-state index in [-0.39, 0.29) is 0 Å². The molecule has 11 aromatic rings. The largest absolute Gasteiger partial charge is 0.228 e. The third kappa shape index (κ3) is 7.07. The van der Waals surface area contributed by atoms with Crippen molar-refractivity contribution in [2.75, 3.05) is 0 Å². The van der Waals surface area contributed by atoms with Crippen LogP contribution in [0.25, 0.3) is 110 Å². The summed E-state index contributed by atoms with van der Waals surface area (Å²) in [5, 5.41) is 2.47. The molecule has 0 aliphatic rings. The van der Waals surface area contributed by atoms with Gasteiger partial charge in [0.05, 0.1) is 22.8 Å². The molecule has 8 aromatic carbocycles. The monoisotopic (exact) mass is 796 g/mol. The summed E-state index contributed by atoms with van der Waals surface area (Å²) in [6, 6.07) is 76.1. The number of thiophene rings is 1. The first-order valence-electron chi connectivity index (χ1n) is 20.4. The normalized spacial score (nSPS) is 11.3. The van der Waals surface area contributed by atoms with Crippen LogP contribution in [0, 0.1) is 0 Å². The van der Waals surface area contributed by atoms with Crippen molar-refractivity contribution in [3.05, 3.63) is 218 Å². The zero-order valence-electron chi connectivity index (χ0n) is 33.0. The summed E-state index contributed by atoms with van der Waals surface area (Å²) >= 11 is 1.84. The lowest BCUT2D eigenvalue weighted by Gasteiger charge is -2.13. The van der Waals surface area contributed by atoms with Gasteiger partial charge in [-0.25, -0.2) is 19.9 Å². The molecule has 3 aromatic heterocycles. The summed E-state index contributed by atoms with van der Waals surface area (Å²) in [7, 11) is 0. The molecule has 0 radical (unpaired) electrons. The molecule has 0 unspecified atom stereocenters. The molecule has 0 fully saturated rings. The van der Waals surface area contributed by atoms with Gasteiger partial charge in [0.1, 0.15) is 0 Å². The molecule has 5 heteroatoms. The van der Waals surface area contributed by atoms with E-state index in [1.165, 1.54) is 31.3 Å². The van der Waals surface area contributed by atoms with Crippen molar-refractivity contribution < 1.29 is 0 Å². The lowest BCUT2D eigenvalue weighted by atomic mass is 9.93. The van der Waals surface area contributed by atoms with Crippen LogP contribution in [0.3, 0.4) is 0 Å². The molecule has 11 rings (SSSR count). The quantitative estimate of drug-likeness (QED) is 0.154. The van der Waals surface area contributed by atoms with Crippen molar-refractivity contribution in [2.24, 2.45) is 0 Å². The molecule has 0 saturated heterocycles.